The number of carbonyl (C=O) groups is 2. The van der Waals surface area contributed by atoms with E-state index >= 15 is 0 Å². The molecule has 1 aromatic rings. The summed E-state index contributed by atoms with van der Waals surface area (Å²) in [5.41, 5.74) is -1.19. The van der Waals surface area contributed by atoms with Crippen LogP contribution in [0.3, 0.4) is 0 Å². The Morgan fingerprint density at radius 3 is 2.37 bits per heavy atom. The smallest absolute Gasteiger partial charge is 0.433 e. The van der Waals surface area contributed by atoms with Crippen molar-refractivity contribution < 1.29 is 27.9 Å². The number of carbonyl (C=O) groups excluding carboxylic acids is 1. The molecule has 0 aliphatic heterocycles. The second-order valence-electron chi connectivity index (χ2n) is 3.64. The Kier molecular flexibility index (Phi) is 4.47. The van der Waals surface area contributed by atoms with Gasteiger partial charge in [0.2, 0.25) is 0 Å². The largest absolute Gasteiger partial charge is 0.480 e. The van der Waals surface area contributed by atoms with Gasteiger partial charge in [-0.25, -0.2) is 0 Å². The zero-order chi connectivity index (χ0) is 14.6. The number of nitrogens with zero attached hydrogens (tertiary/aromatic N) is 2. The molecule has 1 aromatic heterocycles. The molecule has 5 nitrogen and oxygen atoms in total. The van der Waals surface area contributed by atoms with Gasteiger partial charge in [-0.1, -0.05) is 0 Å². The first kappa shape index (κ1) is 14.9. The van der Waals surface area contributed by atoms with Crippen LogP contribution in [0, 0.1) is 0 Å². The number of amides is 1. The lowest BCUT2D eigenvalue weighted by Crippen LogP contribution is -2.35. The Balaban J connectivity index is 2.91. The molecule has 1 heterocycles. The molecule has 1 amide bonds. The molecule has 0 aromatic carbocycles. The molecule has 0 saturated carbocycles. The summed E-state index contributed by atoms with van der Waals surface area (Å²) in [5.74, 6) is -1.87. The van der Waals surface area contributed by atoms with Crippen molar-refractivity contribution in [2.75, 3.05) is 13.1 Å². The predicted octanol–water partition coefficient (Wildman–Crippen LogP) is 1.65. The van der Waals surface area contributed by atoms with Gasteiger partial charge in [0.05, 0.1) is 5.56 Å². The quantitative estimate of drug-likeness (QED) is 0.907. The zero-order valence-corrected chi connectivity index (χ0v) is 9.94. The third-order valence-electron chi connectivity index (χ3n) is 2.30. The molecule has 104 valence electrons. The Morgan fingerprint density at radius 1 is 1.37 bits per heavy atom. The maximum Gasteiger partial charge on any atom is 0.433 e. The lowest BCUT2D eigenvalue weighted by molar-refractivity contribution is -0.141. The van der Waals surface area contributed by atoms with Crippen LogP contribution >= 0.6 is 0 Å². The summed E-state index contributed by atoms with van der Waals surface area (Å²) in [6.07, 6.45) is -3.79. The topological polar surface area (TPSA) is 70.5 Å². The molecule has 1 rings (SSSR count). The van der Waals surface area contributed by atoms with E-state index in [4.69, 9.17) is 5.11 Å². The van der Waals surface area contributed by atoms with Crippen LogP contribution in [0.25, 0.3) is 0 Å². The van der Waals surface area contributed by atoms with E-state index in [9.17, 15) is 22.8 Å². The van der Waals surface area contributed by atoms with Gasteiger partial charge in [0.1, 0.15) is 12.2 Å². The van der Waals surface area contributed by atoms with Crippen molar-refractivity contribution in [3.05, 3.63) is 29.6 Å². The zero-order valence-electron chi connectivity index (χ0n) is 9.94. The number of carboxylic acid groups (broad SMARTS) is 1. The number of carboxylic acids is 1. The van der Waals surface area contributed by atoms with Crippen LogP contribution in [0.4, 0.5) is 13.2 Å². The average Bonchev–Trinajstić information content (AvgIpc) is 2.34. The second kappa shape index (κ2) is 5.68. The number of aromatic nitrogens is 1. The number of rotatable bonds is 4. The molecule has 8 heteroatoms. The molecule has 19 heavy (non-hydrogen) atoms. The molecule has 0 spiro atoms. The first-order valence-electron chi connectivity index (χ1n) is 5.30. The monoisotopic (exact) mass is 276 g/mol. The Hall–Kier alpha value is -2.12. The summed E-state index contributed by atoms with van der Waals surface area (Å²) in [4.78, 5) is 26.5. The third kappa shape index (κ3) is 3.94. The summed E-state index contributed by atoms with van der Waals surface area (Å²) in [6.45, 7) is 1.18. The fourth-order valence-corrected chi connectivity index (χ4v) is 1.36. The number of likely N-dealkylation sites (N-methyl/N-ethyl adjacent to an activating group) is 1. The van der Waals surface area contributed by atoms with Crippen LogP contribution < -0.4 is 0 Å². The normalized spacial score (nSPS) is 11.2. The van der Waals surface area contributed by atoms with Crippen LogP contribution in [0.5, 0.6) is 0 Å². The molecule has 0 unspecified atom stereocenters. The lowest BCUT2D eigenvalue weighted by atomic mass is 10.2. The summed E-state index contributed by atoms with van der Waals surface area (Å²) < 4.78 is 36.8. The highest BCUT2D eigenvalue weighted by atomic mass is 19.4. The summed E-state index contributed by atoms with van der Waals surface area (Å²) in [6, 6.07) is 1.66. The SMILES string of the molecule is CCN(CC(=O)O)C(=O)c1ccc(C(F)(F)F)nc1. The van der Waals surface area contributed by atoms with Crippen LogP contribution in [0.1, 0.15) is 23.0 Å². The molecule has 0 fully saturated rings. The number of aliphatic carboxylic acids is 1. The van der Waals surface area contributed by atoms with Gasteiger partial charge in [-0.2, -0.15) is 13.2 Å². The Labute approximate surface area is 106 Å². The van der Waals surface area contributed by atoms with Crippen LogP contribution in [-0.4, -0.2) is 40.0 Å². The standard InChI is InChI=1S/C11H11F3N2O3/c1-2-16(6-9(17)18)10(19)7-3-4-8(15-5-7)11(12,13)14/h3-5H,2,6H2,1H3,(H,17,18). The summed E-state index contributed by atoms with van der Waals surface area (Å²) in [5, 5.41) is 8.60. The summed E-state index contributed by atoms with van der Waals surface area (Å²) in [7, 11) is 0. The van der Waals surface area contributed by atoms with Gasteiger partial charge in [0.15, 0.2) is 0 Å². The number of halogens is 3. The van der Waals surface area contributed by atoms with Gasteiger partial charge < -0.3 is 10.0 Å². The minimum atomic E-state index is -4.58. The van der Waals surface area contributed by atoms with Gasteiger partial charge in [-0.05, 0) is 19.1 Å². The van der Waals surface area contributed by atoms with Crippen LogP contribution in [0.2, 0.25) is 0 Å². The number of alkyl halides is 3. The van der Waals surface area contributed by atoms with Gasteiger partial charge in [-0.3, -0.25) is 14.6 Å². The molecule has 0 aliphatic rings. The summed E-state index contributed by atoms with van der Waals surface area (Å²) >= 11 is 0. The van der Waals surface area contributed by atoms with E-state index in [0.717, 1.165) is 17.2 Å². The average molecular weight is 276 g/mol. The van der Waals surface area contributed by atoms with Crippen molar-refractivity contribution in [3.63, 3.8) is 0 Å². The van der Waals surface area contributed by atoms with Crippen molar-refractivity contribution in [3.8, 4) is 0 Å². The fourth-order valence-electron chi connectivity index (χ4n) is 1.36. The van der Waals surface area contributed by atoms with Gasteiger partial charge in [-0.15, -0.1) is 0 Å². The van der Waals surface area contributed by atoms with E-state index in [-0.39, 0.29) is 12.1 Å². The minimum Gasteiger partial charge on any atom is -0.480 e. The number of hydrogen-bond donors (Lipinski definition) is 1. The van der Waals surface area contributed by atoms with Gasteiger partial charge in [0.25, 0.3) is 5.91 Å². The van der Waals surface area contributed by atoms with E-state index in [0.29, 0.717) is 6.07 Å². The molecule has 0 bridgehead atoms. The fraction of sp³-hybridized carbons (Fsp3) is 0.364. The highest BCUT2D eigenvalue weighted by Gasteiger charge is 2.32. The van der Waals surface area contributed by atoms with E-state index in [1.165, 1.54) is 0 Å². The highest BCUT2D eigenvalue weighted by molar-refractivity contribution is 5.95. The first-order chi connectivity index (χ1) is 8.75. The van der Waals surface area contributed by atoms with E-state index in [1.54, 1.807) is 6.92 Å². The maximum atomic E-state index is 12.3. The van der Waals surface area contributed by atoms with E-state index in [1.807, 2.05) is 0 Å². The Morgan fingerprint density at radius 2 is 2.00 bits per heavy atom. The second-order valence-corrected chi connectivity index (χ2v) is 3.64. The van der Waals surface area contributed by atoms with E-state index in [2.05, 4.69) is 4.98 Å². The molecule has 0 atom stereocenters. The van der Waals surface area contributed by atoms with Crippen molar-refractivity contribution in [1.82, 2.24) is 9.88 Å². The molecule has 0 aliphatic carbocycles. The van der Waals surface area contributed by atoms with Crippen LogP contribution in [0.15, 0.2) is 18.3 Å². The molecular weight excluding hydrogens is 265 g/mol. The first-order valence-corrected chi connectivity index (χ1v) is 5.30. The molecule has 0 saturated heterocycles. The van der Waals surface area contributed by atoms with Crippen molar-refractivity contribution in [1.29, 1.82) is 0 Å². The van der Waals surface area contributed by atoms with Gasteiger partial charge >= 0.3 is 12.1 Å². The van der Waals surface area contributed by atoms with Crippen molar-refractivity contribution in [2.24, 2.45) is 0 Å². The van der Waals surface area contributed by atoms with Gasteiger partial charge in [0, 0.05) is 12.7 Å². The predicted molar refractivity (Wildman–Crippen MR) is 58.5 cm³/mol. The third-order valence-corrected chi connectivity index (χ3v) is 2.30. The molecule has 0 radical (unpaired) electrons. The van der Waals surface area contributed by atoms with E-state index < -0.39 is 30.3 Å². The van der Waals surface area contributed by atoms with Crippen molar-refractivity contribution in [2.45, 2.75) is 13.1 Å². The lowest BCUT2D eigenvalue weighted by Gasteiger charge is -2.18. The Bertz CT molecular complexity index is 471. The molecular formula is C11H11F3N2O3. The van der Waals surface area contributed by atoms with Crippen LogP contribution in [-0.2, 0) is 11.0 Å². The minimum absolute atomic E-state index is 0.0869. The van der Waals surface area contributed by atoms with Crippen molar-refractivity contribution >= 4 is 11.9 Å². The molecule has 1 N–H and O–H groups in total. The number of pyridine rings is 1. The highest BCUT2D eigenvalue weighted by Crippen LogP contribution is 2.27. The maximum absolute atomic E-state index is 12.3. The number of hydrogen-bond acceptors (Lipinski definition) is 3.